The zero-order valence-corrected chi connectivity index (χ0v) is 11.2. The number of nitrogen functional groups attached to an aromatic ring is 1. The summed E-state index contributed by atoms with van der Waals surface area (Å²) >= 11 is 0. The van der Waals surface area contributed by atoms with Crippen LogP contribution in [-0.4, -0.2) is 12.6 Å². The van der Waals surface area contributed by atoms with Crippen LogP contribution in [0.2, 0.25) is 0 Å². The van der Waals surface area contributed by atoms with Crippen LogP contribution in [-0.2, 0) is 0 Å². The summed E-state index contributed by atoms with van der Waals surface area (Å²) in [5.74, 6) is 0.710. The fourth-order valence-electron chi connectivity index (χ4n) is 2.14. The van der Waals surface area contributed by atoms with Crippen LogP contribution in [0.5, 0.6) is 0 Å². The third kappa shape index (κ3) is 2.95. The van der Waals surface area contributed by atoms with E-state index in [2.05, 4.69) is 24.8 Å². The van der Waals surface area contributed by atoms with Gasteiger partial charge in [0.1, 0.15) is 6.07 Å². The maximum atomic E-state index is 8.90. The van der Waals surface area contributed by atoms with E-state index in [9.17, 15) is 0 Å². The minimum absolute atomic E-state index is 0.568. The highest BCUT2D eigenvalue weighted by Crippen LogP contribution is 2.33. The Morgan fingerprint density at radius 3 is 2.67 bits per heavy atom. The van der Waals surface area contributed by atoms with Crippen molar-refractivity contribution in [2.24, 2.45) is 5.92 Å². The fourth-order valence-corrected chi connectivity index (χ4v) is 2.14. The Labute approximate surface area is 109 Å². The van der Waals surface area contributed by atoms with E-state index in [4.69, 9.17) is 11.0 Å². The van der Waals surface area contributed by atoms with Crippen molar-refractivity contribution in [3.8, 4) is 6.07 Å². The summed E-state index contributed by atoms with van der Waals surface area (Å²) in [5.41, 5.74) is 8.21. The smallest absolute Gasteiger partial charge is 0.101 e. The first kappa shape index (κ1) is 12.8. The molecular formula is C15H21N3. The third-order valence-electron chi connectivity index (χ3n) is 3.42. The van der Waals surface area contributed by atoms with Gasteiger partial charge in [0.2, 0.25) is 0 Å². The van der Waals surface area contributed by atoms with Gasteiger partial charge in [-0.05, 0) is 43.4 Å². The molecule has 0 aliphatic heterocycles. The summed E-state index contributed by atoms with van der Waals surface area (Å²) in [6.07, 6.45) is 3.74. The Balaban J connectivity index is 2.15. The summed E-state index contributed by atoms with van der Waals surface area (Å²) in [5, 5.41) is 8.90. The van der Waals surface area contributed by atoms with Gasteiger partial charge in [0.25, 0.3) is 0 Å². The van der Waals surface area contributed by atoms with Gasteiger partial charge in [-0.1, -0.05) is 13.8 Å². The highest BCUT2D eigenvalue weighted by molar-refractivity contribution is 5.64. The Morgan fingerprint density at radius 2 is 2.17 bits per heavy atom. The number of anilines is 2. The maximum Gasteiger partial charge on any atom is 0.101 e. The summed E-state index contributed by atoms with van der Waals surface area (Å²) in [6.45, 7) is 5.57. The van der Waals surface area contributed by atoms with E-state index in [1.165, 1.54) is 19.3 Å². The van der Waals surface area contributed by atoms with Gasteiger partial charge < -0.3 is 10.6 Å². The first-order chi connectivity index (χ1) is 8.61. The van der Waals surface area contributed by atoms with Gasteiger partial charge >= 0.3 is 0 Å². The maximum absolute atomic E-state index is 8.90. The number of nitriles is 1. The average Bonchev–Trinajstić information content (AvgIpc) is 3.13. The van der Waals surface area contributed by atoms with Crippen LogP contribution in [0.25, 0.3) is 0 Å². The molecule has 0 bridgehead atoms. The molecule has 1 aliphatic rings. The molecule has 3 heteroatoms. The predicted octanol–water partition coefficient (Wildman–Crippen LogP) is 3.16. The zero-order chi connectivity index (χ0) is 13.1. The summed E-state index contributed by atoms with van der Waals surface area (Å²) < 4.78 is 0. The number of hydrogen-bond donors (Lipinski definition) is 1. The van der Waals surface area contributed by atoms with E-state index in [-0.39, 0.29) is 0 Å². The van der Waals surface area contributed by atoms with Gasteiger partial charge in [0, 0.05) is 18.3 Å². The molecule has 1 saturated carbocycles. The number of rotatable bonds is 5. The molecule has 0 aromatic heterocycles. The highest BCUT2D eigenvalue weighted by atomic mass is 15.2. The van der Waals surface area contributed by atoms with Crippen LogP contribution in [0, 0.1) is 17.2 Å². The average molecular weight is 243 g/mol. The van der Waals surface area contributed by atoms with Gasteiger partial charge in [-0.25, -0.2) is 0 Å². The van der Waals surface area contributed by atoms with Crippen LogP contribution in [0.15, 0.2) is 18.2 Å². The summed E-state index contributed by atoms with van der Waals surface area (Å²) in [6, 6.07) is 8.58. The molecule has 0 unspecified atom stereocenters. The van der Waals surface area contributed by atoms with E-state index < -0.39 is 0 Å². The standard InChI is InChI=1S/C15H21N3/c1-11(2)7-8-18(13-5-6-13)14-4-3-12(10-16)15(17)9-14/h3-4,9,11,13H,5-8,17H2,1-2H3. The van der Waals surface area contributed by atoms with Gasteiger partial charge in [-0.3, -0.25) is 0 Å². The lowest BCUT2D eigenvalue weighted by atomic mass is 10.1. The van der Waals surface area contributed by atoms with Crippen LogP contribution in [0.1, 0.15) is 38.7 Å². The molecule has 0 amide bonds. The summed E-state index contributed by atoms with van der Waals surface area (Å²) in [7, 11) is 0. The van der Waals surface area contributed by atoms with Crippen LogP contribution < -0.4 is 10.6 Å². The SMILES string of the molecule is CC(C)CCN(c1ccc(C#N)c(N)c1)C1CC1. The number of nitrogens with two attached hydrogens (primary N) is 1. The number of benzene rings is 1. The van der Waals surface area contributed by atoms with Gasteiger partial charge in [0.05, 0.1) is 11.3 Å². The molecule has 1 fully saturated rings. The van der Waals surface area contributed by atoms with Crippen molar-refractivity contribution in [2.45, 2.75) is 39.2 Å². The Bertz CT molecular complexity index is 455. The second kappa shape index (κ2) is 5.30. The predicted molar refractivity (Wildman–Crippen MR) is 75.4 cm³/mol. The lowest BCUT2D eigenvalue weighted by Crippen LogP contribution is -2.27. The number of nitrogens with zero attached hydrogens (tertiary/aromatic N) is 2. The molecule has 2 rings (SSSR count). The Hall–Kier alpha value is -1.69. The first-order valence-electron chi connectivity index (χ1n) is 6.68. The Morgan fingerprint density at radius 1 is 1.44 bits per heavy atom. The van der Waals surface area contributed by atoms with Crippen molar-refractivity contribution >= 4 is 11.4 Å². The van der Waals surface area contributed by atoms with Crippen LogP contribution >= 0.6 is 0 Å². The molecule has 3 nitrogen and oxygen atoms in total. The molecule has 1 aromatic rings. The topological polar surface area (TPSA) is 53.0 Å². The van der Waals surface area contributed by atoms with Gasteiger partial charge in [-0.15, -0.1) is 0 Å². The molecular weight excluding hydrogens is 222 g/mol. The van der Waals surface area contributed by atoms with E-state index in [0.717, 1.165) is 12.2 Å². The highest BCUT2D eigenvalue weighted by Gasteiger charge is 2.29. The second-order valence-electron chi connectivity index (χ2n) is 5.49. The van der Waals surface area contributed by atoms with Crippen molar-refractivity contribution in [1.82, 2.24) is 0 Å². The van der Waals surface area contributed by atoms with E-state index in [1.807, 2.05) is 18.2 Å². The van der Waals surface area contributed by atoms with Crippen molar-refractivity contribution in [3.05, 3.63) is 23.8 Å². The van der Waals surface area contributed by atoms with E-state index in [1.54, 1.807) is 0 Å². The Kier molecular flexibility index (Phi) is 3.76. The van der Waals surface area contributed by atoms with E-state index >= 15 is 0 Å². The lowest BCUT2D eigenvalue weighted by molar-refractivity contribution is 0.571. The van der Waals surface area contributed by atoms with Crippen LogP contribution in [0.3, 0.4) is 0 Å². The molecule has 2 N–H and O–H groups in total. The molecule has 18 heavy (non-hydrogen) atoms. The van der Waals surface area contributed by atoms with Gasteiger partial charge in [0.15, 0.2) is 0 Å². The zero-order valence-electron chi connectivity index (χ0n) is 11.2. The quantitative estimate of drug-likeness (QED) is 0.808. The monoisotopic (exact) mass is 243 g/mol. The normalized spacial score (nSPS) is 14.6. The van der Waals surface area contributed by atoms with Gasteiger partial charge in [-0.2, -0.15) is 5.26 Å². The molecule has 0 heterocycles. The van der Waals surface area contributed by atoms with Crippen molar-refractivity contribution in [1.29, 1.82) is 5.26 Å². The molecule has 96 valence electrons. The fraction of sp³-hybridized carbons (Fsp3) is 0.533. The van der Waals surface area contributed by atoms with Crippen LogP contribution in [0.4, 0.5) is 11.4 Å². The van der Waals surface area contributed by atoms with Crippen molar-refractivity contribution in [3.63, 3.8) is 0 Å². The minimum Gasteiger partial charge on any atom is -0.398 e. The van der Waals surface area contributed by atoms with E-state index in [0.29, 0.717) is 23.2 Å². The molecule has 1 aliphatic carbocycles. The molecule has 0 radical (unpaired) electrons. The largest absolute Gasteiger partial charge is 0.398 e. The lowest BCUT2D eigenvalue weighted by Gasteiger charge is -2.26. The molecule has 1 aromatic carbocycles. The second-order valence-corrected chi connectivity index (χ2v) is 5.49. The molecule has 0 saturated heterocycles. The third-order valence-corrected chi connectivity index (χ3v) is 3.42. The van der Waals surface area contributed by atoms with Crippen molar-refractivity contribution in [2.75, 3.05) is 17.2 Å². The first-order valence-corrected chi connectivity index (χ1v) is 6.68. The minimum atomic E-state index is 0.568. The summed E-state index contributed by atoms with van der Waals surface area (Å²) in [4.78, 5) is 2.44. The molecule has 0 spiro atoms. The molecule has 0 atom stereocenters. The number of hydrogen-bond acceptors (Lipinski definition) is 3. The van der Waals surface area contributed by atoms with Crippen molar-refractivity contribution < 1.29 is 0 Å².